The molecule has 2 aromatic heterocycles. The number of hydrogen-bond acceptors (Lipinski definition) is 10. The number of nitrogens with one attached hydrogen (secondary N) is 2. The number of pyridine rings is 1. The van der Waals surface area contributed by atoms with Gasteiger partial charge in [-0.3, -0.25) is 4.90 Å². The first-order valence-electron chi connectivity index (χ1n) is 15.3. The number of anilines is 4. The van der Waals surface area contributed by atoms with Crippen molar-refractivity contribution in [2.75, 3.05) is 69.0 Å². The molecule has 0 amide bonds. The minimum atomic E-state index is -0.452. The molecule has 2 aliphatic rings. The van der Waals surface area contributed by atoms with Crippen LogP contribution in [0.5, 0.6) is 17.2 Å². The summed E-state index contributed by atoms with van der Waals surface area (Å²) in [4.78, 5) is 20.5. The molecule has 44 heavy (non-hydrogen) atoms. The summed E-state index contributed by atoms with van der Waals surface area (Å²) in [6.45, 7) is 10.3. The molecule has 10 nitrogen and oxygen atoms in total. The van der Waals surface area contributed by atoms with Gasteiger partial charge in [0, 0.05) is 68.0 Å². The Bertz CT molecular complexity index is 1590. The summed E-state index contributed by atoms with van der Waals surface area (Å²) in [5.41, 5.74) is 1.86. The second-order valence-electron chi connectivity index (χ2n) is 11.8. The number of fused-ring (bicyclic) bond motifs is 1. The highest BCUT2D eigenvalue weighted by molar-refractivity contribution is 5.95. The molecule has 0 radical (unpaired) electrons. The standard InChI is InChI=1S/C33H41FN8O2/c1-22(2)41-13-15-42(16-14-41)32-18-25(7-10-35-32)44-24-5-6-28(27(34)17-24)39-33-26-19-30(38-23-8-11-40(3)12-9-23)31(43-4)20-29(26)36-21-37-33/h5-7,10,17-23,38H,8-9,11-16H2,1-4H3,(H,36,37,39). The van der Waals surface area contributed by atoms with Crippen LogP contribution >= 0.6 is 0 Å². The molecule has 0 saturated carbocycles. The zero-order valence-electron chi connectivity index (χ0n) is 25.9. The van der Waals surface area contributed by atoms with Crippen LogP contribution in [0.2, 0.25) is 0 Å². The van der Waals surface area contributed by atoms with Gasteiger partial charge in [0.1, 0.15) is 41.0 Å². The summed E-state index contributed by atoms with van der Waals surface area (Å²) in [5, 5.41) is 7.57. The van der Waals surface area contributed by atoms with E-state index in [4.69, 9.17) is 9.47 Å². The number of piperazine rings is 1. The Morgan fingerprint density at radius 2 is 1.66 bits per heavy atom. The Balaban J connectivity index is 1.17. The number of benzene rings is 2. The number of likely N-dealkylation sites (tertiary alicyclic amines) is 1. The van der Waals surface area contributed by atoms with Crippen LogP contribution in [0.15, 0.2) is 55.0 Å². The van der Waals surface area contributed by atoms with Gasteiger partial charge in [0.2, 0.25) is 0 Å². The summed E-state index contributed by atoms with van der Waals surface area (Å²) in [6.07, 6.45) is 5.29. The van der Waals surface area contributed by atoms with Gasteiger partial charge in [0.25, 0.3) is 0 Å². The molecule has 11 heteroatoms. The molecule has 232 valence electrons. The zero-order chi connectivity index (χ0) is 30.6. The van der Waals surface area contributed by atoms with E-state index in [9.17, 15) is 0 Å². The van der Waals surface area contributed by atoms with Gasteiger partial charge < -0.3 is 29.9 Å². The molecule has 4 aromatic rings. The number of halogens is 1. The summed E-state index contributed by atoms with van der Waals surface area (Å²) in [7, 11) is 3.80. The summed E-state index contributed by atoms with van der Waals surface area (Å²) in [6, 6.07) is 13.2. The minimum absolute atomic E-state index is 0.288. The van der Waals surface area contributed by atoms with Crippen LogP contribution in [0.25, 0.3) is 10.9 Å². The van der Waals surface area contributed by atoms with Gasteiger partial charge in [-0.1, -0.05) is 0 Å². The van der Waals surface area contributed by atoms with E-state index in [1.165, 1.54) is 12.4 Å². The van der Waals surface area contributed by atoms with Crippen molar-refractivity contribution >= 4 is 33.9 Å². The Kier molecular flexibility index (Phi) is 8.94. The Labute approximate surface area is 258 Å². The molecule has 0 spiro atoms. The van der Waals surface area contributed by atoms with Crippen molar-refractivity contribution in [3.05, 3.63) is 60.8 Å². The topological polar surface area (TPSA) is 90.9 Å². The molecule has 4 heterocycles. The highest BCUT2D eigenvalue weighted by atomic mass is 19.1. The van der Waals surface area contributed by atoms with E-state index in [0.29, 0.717) is 40.7 Å². The van der Waals surface area contributed by atoms with Crippen molar-refractivity contribution < 1.29 is 13.9 Å². The average Bonchev–Trinajstić information content (AvgIpc) is 3.03. The number of hydrogen-bond donors (Lipinski definition) is 2. The molecule has 6 rings (SSSR count). The van der Waals surface area contributed by atoms with E-state index in [1.807, 2.05) is 18.2 Å². The first-order chi connectivity index (χ1) is 21.4. The van der Waals surface area contributed by atoms with Gasteiger partial charge in [0.15, 0.2) is 0 Å². The van der Waals surface area contributed by atoms with E-state index in [1.54, 1.807) is 31.5 Å². The highest BCUT2D eigenvalue weighted by Crippen LogP contribution is 2.35. The van der Waals surface area contributed by atoms with Crippen molar-refractivity contribution in [3.63, 3.8) is 0 Å². The summed E-state index contributed by atoms with van der Waals surface area (Å²) >= 11 is 0. The maximum absolute atomic E-state index is 15.4. The fraction of sp³-hybridized carbons (Fsp3) is 0.424. The van der Waals surface area contributed by atoms with Crippen LogP contribution in [0.4, 0.5) is 27.4 Å². The Hall–Kier alpha value is -4.22. The monoisotopic (exact) mass is 600 g/mol. The van der Waals surface area contributed by atoms with Crippen LogP contribution in [0.3, 0.4) is 0 Å². The maximum atomic E-state index is 15.4. The fourth-order valence-electron chi connectivity index (χ4n) is 5.87. The minimum Gasteiger partial charge on any atom is -0.495 e. The predicted octanol–water partition coefficient (Wildman–Crippen LogP) is 5.74. The highest BCUT2D eigenvalue weighted by Gasteiger charge is 2.21. The maximum Gasteiger partial charge on any atom is 0.150 e. The second-order valence-corrected chi connectivity index (χ2v) is 11.8. The molecular weight excluding hydrogens is 559 g/mol. The summed E-state index contributed by atoms with van der Waals surface area (Å²) in [5.74, 6) is 2.64. The summed E-state index contributed by atoms with van der Waals surface area (Å²) < 4.78 is 27.1. The third kappa shape index (κ3) is 6.79. The zero-order valence-corrected chi connectivity index (χ0v) is 25.9. The van der Waals surface area contributed by atoms with Crippen LogP contribution in [0, 0.1) is 5.82 Å². The molecule has 0 aliphatic carbocycles. The van der Waals surface area contributed by atoms with E-state index in [0.717, 1.165) is 69.0 Å². The fourth-order valence-corrected chi connectivity index (χ4v) is 5.87. The van der Waals surface area contributed by atoms with Gasteiger partial charge in [-0.2, -0.15) is 0 Å². The lowest BCUT2D eigenvalue weighted by molar-refractivity contribution is 0.209. The van der Waals surface area contributed by atoms with Gasteiger partial charge >= 0.3 is 0 Å². The SMILES string of the molecule is COc1cc2ncnc(Nc3ccc(Oc4ccnc(N5CCN(C(C)C)CC5)c4)cc3F)c2cc1NC1CCN(C)CC1. The van der Waals surface area contributed by atoms with E-state index < -0.39 is 5.82 Å². The van der Waals surface area contributed by atoms with Gasteiger partial charge in [-0.25, -0.2) is 19.3 Å². The van der Waals surface area contributed by atoms with Crippen molar-refractivity contribution in [1.82, 2.24) is 24.8 Å². The average molecular weight is 601 g/mol. The molecule has 2 saturated heterocycles. The van der Waals surface area contributed by atoms with E-state index in [-0.39, 0.29) is 5.69 Å². The van der Waals surface area contributed by atoms with Crippen LogP contribution < -0.4 is 25.0 Å². The van der Waals surface area contributed by atoms with Gasteiger partial charge in [-0.15, -0.1) is 0 Å². The number of rotatable bonds is 9. The lowest BCUT2D eigenvalue weighted by Crippen LogP contribution is -2.49. The number of ether oxygens (including phenoxy) is 2. The lowest BCUT2D eigenvalue weighted by atomic mass is 10.0. The molecule has 2 aromatic carbocycles. The third-order valence-corrected chi connectivity index (χ3v) is 8.55. The second kappa shape index (κ2) is 13.2. The van der Waals surface area contributed by atoms with Crippen molar-refractivity contribution in [2.45, 2.75) is 38.8 Å². The van der Waals surface area contributed by atoms with Crippen molar-refractivity contribution in [1.29, 1.82) is 0 Å². The van der Waals surface area contributed by atoms with Crippen LogP contribution in [-0.2, 0) is 0 Å². The lowest BCUT2D eigenvalue weighted by Gasteiger charge is -2.37. The van der Waals surface area contributed by atoms with Gasteiger partial charge in [0.05, 0.1) is 24.0 Å². The molecule has 2 fully saturated rings. The molecule has 2 aliphatic heterocycles. The van der Waals surface area contributed by atoms with Gasteiger partial charge in [-0.05, 0) is 71.1 Å². The smallest absolute Gasteiger partial charge is 0.150 e. The number of methoxy groups -OCH3 is 1. The Morgan fingerprint density at radius 1 is 0.886 bits per heavy atom. The number of aromatic nitrogens is 3. The number of piperidine rings is 1. The predicted molar refractivity (Wildman–Crippen MR) is 173 cm³/mol. The quantitative estimate of drug-likeness (QED) is 0.248. The first-order valence-corrected chi connectivity index (χ1v) is 15.3. The molecule has 0 bridgehead atoms. The van der Waals surface area contributed by atoms with E-state index >= 15 is 4.39 Å². The Morgan fingerprint density at radius 3 is 2.39 bits per heavy atom. The van der Waals surface area contributed by atoms with Crippen molar-refractivity contribution in [2.24, 2.45) is 0 Å². The largest absolute Gasteiger partial charge is 0.495 e. The van der Waals surface area contributed by atoms with Crippen molar-refractivity contribution in [3.8, 4) is 17.2 Å². The molecular formula is C33H41FN8O2. The molecule has 0 unspecified atom stereocenters. The van der Waals surface area contributed by atoms with E-state index in [2.05, 4.69) is 61.2 Å². The third-order valence-electron chi connectivity index (χ3n) is 8.55. The number of nitrogens with zero attached hydrogens (tertiary/aromatic N) is 6. The normalized spacial score (nSPS) is 16.8. The molecule has 2 N–H and O–H groups in total. The van der Waals surface area contributed by atoms with Crippen LogP contribution in [0.1, 0.15) is 26.7 Å². The first kappa shape index (κ1) is 29.8. The molecule has 0 atom stereocenters. The van der Waals surface area contributed by atoms with Crippen LogP contribution in [-0.4, -0.2) is 90.3 Å².